The molecule has 0 saturated carbocycles. The summed E-state index contributed by atoms with van der Waals surface area (Å²) in [6, 6.07) is 0. The van der Waals surface area contributed by atoms with Gasteiger partial charge in [0.05, 0.1) is 0 Å². The molecule has 30 heavy (non-hydrogen) atoms. The highest BCUT2D eigenvalue weighted by Crippen LogP contribution is 2.10. The summed E-state index contributed by atoms with van der Waals surface area (Å²) in [7, 11) is 0. The number of hydrogen-bond acceptors (Lipinski definition) is 2. The van der Waals surface area contributed by atoms with Gasteiger partial charge in [0.2, 0.25) is 0 Å². The molecule has 0 aliphatic rings. The van der Waals surface area contributed by atoms with E-state index in [0.717, 1.165) is 38.7 Å². The number of rotatable bonds is 27. The quantitative estimate of drug-likeness (QED) is 0.0713. The van der Waals surface area contributed by atoms with Crippen LogP contribution in [0.4, 0.5) is 0 Å². The monoisotopic (exact) mass is 444 g/mol. The summed E-state index contributed by atoms with van der Waals surface area (Å²) in [4.78, 5) is 0. The van der Waals surface area contributed by atoms with Gasteiger partial charge in [0.25, 0.3) is 0 Å². The molecule has 0 aromatic heterocycles. The average molecular weight is 445 g/mol. The van der Waals surface area contributed by atoms with Gasteiger partial charge in [-0.1, -0.05) is 89.5 Å². The molecule has 0 amide bonds. The molecule has 0 aliphatic heterocycles. The molecule has 0 spiro atoms. The fourth-order valence-electron chi connectivity index (χ4n) is 3.70. The van der Waals surface area contributed by atoms with E-state index in [-0.39, 0.29) is 0 Å². The van der Waals surface area contributed by atoms with E-state index in [1.807, 2.05) is 6.08 Å². The van der Waals surface area contributed by atoms with Gasteiger partial charge in [0.15, 0.2) is 0 Å². The number of unbranched alkanes of at least 4 members (excludes halogenated alkanes) is 17. The second-order valence-electron chi connectivity index (χ2n) is 8.71. The third kappa shape index (κ3) is 27.9. The second kappa shape index (κ2) is 28.9. The maximum Gasteiger partial charge on any atom is 0.0466 e. The summed E-state index contributed by atoms with van der Waals surface area (Å²) in [6.07, 6.45) is 28.1. The highest BCUT2D eigenvalue weighted by Gasteiger charge is 1.96. The lowest BCUT2D eigenvalue weighted by Gasteiger charge is -2.06. The molecule has 0 heterocycles. The van der Waals surface area contributed by atoms with Crippen molar-refractivity contribution in [2.75, 3.05) is 32.3 Å². The molecule has 0 N–H and O–H groups in total. The maximum atomic E-state index is 5.78. The highest BCUT2D eigenvalue weighted by molar-refractivity contribution is 6.17. The molecule has 0 atom stereocenters. The Morgan fingerprint density at radius 1 is 0.433 bits per heavy atom. The molecular formula is C27H53ClO2. The molecular weight excluding hydrogens is 392 g/mol. The lowest BCUT2D eigenvalue weighted by molar-refractivity contribution is 0.125. The van der Waals surface area contributed by atoms with E-state index in [0.29, 0.717) is 0 Å². The van der Waals surface area contributed by atoms with Crippen LogP contribution < -0.4 is 0 Å². The SMILES string of the molecule is C=CCCCCCCCCCOCCCCCCCCCCOCCCCCCCl. The summed E-state index contributed by atoms with van der Waals surface area (Å²) in [6.45, 7) is 7.58. The van der Waals surface area contributed by atoms with E-state index in [2.05, 4.69) is 6.58 Å². The van der Waals surface area contributed by atoms with Crippen LogP contribution in [-0.4, -0.2) is 32.3 Å². The first-order chi connectivity index (χ1) is 14.9. The fraction of sp³-hybridized carbons (Fsp3) is 0.926. The highest BCUT2D eigenvalue weighted by atomic mass is 35.5. The van der Waals surface area contributed by atoms with Crippen molar-refractivity contribution in [1.82, 2.24) is 0 Å². The first-order valence-corrected chi connectivity index (χ1v) is 13.8. The van der Waals surface area contributed by atoms with Crippen LogP contribution in [0.3, 0.4) is 0 Å². The predicted octanol–water partition coefficient (Wildman–Crippen LogP) is 9.25. The number of alkyl halides is 1. The Morgan fingerprint density at radius 3 is 1.07 bits per heavy atom. The van der Waals surface area contributed by atoms with E-state index in [1.165, 1.54) is 122 Å². The van der Waals surface area contributed by atoms with Crippen molar-refractivity contribution in [2.45, 2.75) is 128 Å². The summed E-state index contributed by atoms with van der Waals surface area (Å²) in [5, 5.41) is 0. The molecule has 2 nitrogen and oxygen atoms in total. The first kappa shape index (κ1) is 29.9. The van der Waals surface area contributed by atoms with E-state index in [4.69, 9.17) is 21.1 Å². The second-order valence-corrected chi connectivity index (χ2v) is 9.09. The third-order valence-electron chi connectivity index (χ3n) is 5.70. The summed E-state index contributed by atoms with van der Waals surface area (Å²) < 4.78 is 11.5. The van der Waals surface area contributed by atoms with Gasteiger partial charge in [-0.15, -0.1) is 18.2 Å². The molecule has 0 fully saturated rings. The van der Waals surface area contributed by atoms with Gasteiger partial charge < -0.3 is 9.47 Å². The van der Waals surface area contributed by atoms with Crippen LogP contribution in [0, 0.1) is 0 Å². The first-order valence-electron chi connectivity index (χ1n) is 13.2. The molecule has 0 aromatic carbocycles. The number of halogens is 1. The molecule has 0 radical (unpaired) electrons. The van der Waals surface area contributed by atoms with Crippen molar-refractivity contribution >= 4 is 11.6 Å². The number of hydrogen-bond donors (Lipinski definition) is 0. The van der Waals surface area contributed by atoms with Crippen LogP contribution in [-0.2, 0) is 9.47 Å². The van der Waals surface area contributed by atoms with Crippen molar-refractivity contribution in [3.05, 3.63) is 12.7 Å². The molecule has 0 saturated heterocycles. The zero-order valence-electron chi connectivity index (χ0n) is 20.2. The van der Waals surface area contributed by atoms with Crippen LogP contribution in [0.2, 0.25) is 0 Å². The van der Waals surface area contributed by atoms with E-state index in [1.54, 1.807) is 0 Å². The molecule has 0 rings (SSSR count). The topological polar surface area (TPSA) is 18.5 Å². The fourth-order valence-corrected chi connectivity index (χ4v) is 3.89. The van der Waals surface area contributed by atoms with Crippen LogP contribution in [0.25, 0.3) is 0 Å². The van der Waals surface area contributed by atoms with E-state index >= 15 is 0 Å². The summed E-state index contributed by atoms with van der Waals surface area (Å²) >= 11 is 5.67. The summed E-state index contributed by atoms with van der Waals surface area (Å²) in [5.41, 5.74) is 0. The minimum atomic E-state index is 0.798. The summed E-state index contributed by atoms with van der Waals surface area (Å²) in [5.74, 6) is 0.798. The van der Waals surface area contributed by atoms with Gasteiger partial charge in [0.1, 0.15) is 0 Å². The normalized spacial score (nSPS) is 11.2. The van der Waals surface area contributed by atoms with E-state index < -0.39 is 0 Å². The molecule has 0 bridgehead atoms. The molecule has 0 unspecified atom stereocenters. The number of allylic oxidation sites excluding steroid dienone is 1. The molecule has 0 aromatic rings. The molecule has 0 aliphatic carbocycles. The van der Waals surface area contributed by atoms with Gasteiger partial charge in [-0.25, -0.2) is 0 Å². The average Bonchev–Trinajstić information content (AvgIpc) is 2.76. The smallest absolute Gasteiger partial charge is 0.0466 e. The Labute approximate surface area is 194 Å². The van der Waals surface area contributed by atoms with Crippen molar-refractivity contribution in [1.29, 1.82) is 0 Å². The Balaban J connectivity index is 2.98. The van der Waals surface area contributed by atoms with Crippen molar-refractivity contribution in [3.8, 4) is 0 Å². The lowest BCUT2D eigenvalue weighted by Crippen LogP contribution is -1.97. The standard InChI is InChI=1S/C27H53ClO2/c1-2-3-4-5-6-7-10-14-19-24-29-25-20-15-11-8-9-12-16-21-26-30-27-22-17-13-18-23-28/h2H,1,3-27H2. The third-order valence-corrected chi connectivity index (χ3v) is 5.96. The minimum Gasteiger partial charge on any atom is -0.381 e. The van der Waals surface area contributed by atoms with Crippen molar-refractivity contribution in [3.63, 3.8) is 0 Å². The Hall–Kier alpha value is -0.0500. The van der Waals surface area contributed by atoms with Gasteiger partial charge >= 0.3 is 0 Å². The van der Waals surface area contributed by atoms with Crippen LogP contribution in [0.5, 0.6) is 0 Å². The Bertz CT molecular complexity index is 309. The van der Waals surface area contributed by atoms with Crippen LogP contribution >= 0.6 is 11.6 Å². The Morgan fingerprint density at radius 2 is 0.733 bits per heavy atom. The predicted molar refractivity (Wildman–Crippen MR) is 135 cm³/mol. The maximum absolute atomic E-state index is 5.78. The van der Waals surface area contributed by atoms with Crippen molar-refractivity contribution < 1.29 is 9.47 Å². The molecule has 180 valence electrons. The molecule has 3 heteroatoms. The Kier molecular flexibility index (Phi) is 28.9. The van der Waals surface area contributed by atoms with Gasteiger partial charge in [-0.3, -0.25) is 0 Å². The lowest BCUT2D eigenvalue weighted by atomic mass is 10.1. The van der Waals surface area contributed by atoms with E-state index in [9.17, 15) is 0 Å². The van der Waals surface area contributed by atoms with Crippen LogP contribution in [0.15, 0.2) is 12.7 Å². The van der Waals surface area contributed by atoms with Gasteiger partial charge in [-0.05, 0) is 44.9 Å². The number of ether oxygens (including phenoxy) is 2. The zero-order valence-corrected chi connectivity index (χ0v) is 20.9. The minimum absolute atomic E-state index is 0.798. The van der Waals surface area contributed by atoms with Gasteiger partial charge in [0, 0.05) is 32.3 Å². The largest absolute Gasteiger partial charge is 0.381 e. The van der Waals surface area contributed by atoms with Gasteiger partial charge in [-0.2, -0.15) is 0 Å². The zero-order chi connectivity index (χ0) is 21.8. The van der Waals surface area contributed by atoms with Crippen molar-refractivity contribution in [2.24, 2.45) is 0 Å². The van der Waals surface area contributed by atoms with Crippen LogP contribution in [0.1, 0.15) is 128 Å².